The summed E-state index contributed by atoms with van der Waals surface area (Å²) in [6.45, 7) is 0.142. The molecule has 0 aliphatic heterocycles. The summed E-state index contributed by atoms with van der Waals surface area (Å²) in [7, 11) is 0. The molecule has 0 heterocycles. The number of carboxylic acids is 1. The third-order valence-corrected chi connectivity index (χ3v) is 5.39. The standard InChI is InChI=1S/C18H34N8O6S2/c1-34-6-4-9(19)14(28)25-11(7-13(20)27)16(30)24-10(3-2-5-23-18(21)22)15(29)26-12(8-33)17(31)32/h9-12,33H,2-8,19H2,1H3,(H2,20,27)(H,24,30)(H,25,28)(H,26,29)(H,31,32)(H4,21,22,23). The Morgan fingerprint density at radius 1 is 0.941 bits per heavy atom. The number of hydrogen-bond acceptors (Lipinski definition) is 9. The molecule has 0 radical (unpaired) electrons. The first-order valence-corrected chi connectivity index (χ1v) is 12.3. The van der Waals surface area contributed by atoms with Crippen molar-refractivity contribution in [2.24, 2.45) is 27.9 Å². The van der Waals surface area contributed by atoms with E-state index in [1.54, 1.807) is 0 Å². The predicted molar refractivity (Wildman–Crippen MR) is 132 cm³/mol. The number of carbonyl (C=O) groups is 5. The number of thiol groups is 1. The van der Waals surface area contributed by atoms with Crippen LogP contribution in [0.5, 0.6) is 0 Å². The average molecular weight is 523 g/mol. The lowest BCUT2D eigenvalue weighted by Gasteiger charge is -2.24. The largest absolute Gasteiger partial charge is 0.480 e. The van der Waals surface area contributed by atoms with Gasteiger partial charge in [-0.05, 0) is 31.3 Å². The van der Waals surface area contributed by atoms with E-state index in [1.165, 1.54) is 11.8 Å². The summed E-state index contributed by atoms with van der Waals surface area (Å²) in [5.74, 6) is -4.26. The van der Waals surface area contributed by atoms with Crippen molar-refractivity contribution in [2.45, 2.75) is 49.9 Å². The molecule has 0 saturated carbocycles. The first-order valence-electron chi connectivity index (χ1n) is 10.3. The van der Waals surface area contributed by atoms with Crippen LogP contribution in [0.1, 0.15) is 25.7 Å². The van der Waals surface area contributed by atoms with Gasteiger partial charge >= 0.3 is 5.97 Å². The highest BCUT2D eigenvalue weighted by molar-refractivity contribution is 7.98. The summed E-state index contributed by atoms with van der Waals surface area (Å²) in [6, 6.07) is -4.83. The molecule has 4 amide bonds. The molecule has 34 heavy (non-hydrogen) atoms. The number of primary amides is 1. The van der Waals surface area contributed by atoms with Crippen LogP contribution in [0.3, 0.4) is 0 Å². The second kappa shape index (κ2) is 16.8. The number of carboxylic acid groups (broad SMARTS) is 1. The molecular weight excluding hydrogens is 488 g/mol. The van der Waals surface area contributed by atoms with Gasteiger partial charge in [-0.25, -0.2) is 4.79 Å². The second-order valence-corrected chi connectivity index (χ2v) is 8.56. The van der Waals surface area contributed by atoms with Gasteiger partial charge in [0.1, 0.15) is 18.1 Å². The van der Waals surface area contributed by atoms with E-state index in [2.05, 4.69) is 33.6 Å². The molecule has 0 aliphatic carbocycles. The summed E-state index contributed by atoms with van der Waals surface area (Å²) in [5.41, 5.74) is 21.5. The molecule has 14 nitrogen and oxygen atoms in total. The van der Waals surface area contributed by atoms with Crippen molar-refractivity contribution < 1.29 is 29.1 Å². The Labute approximate surface area is 207 Å². The maximum atomic E-state index is 12.8. The van der Waals surface area contributed by atoms with Gasteiger partial charge in [0.2, 0.25) is 23.6 Å². The molecule has 0 aliphatic rings. The molecule has 0 aromatic rings. The zero-order chi connectivity index (χ0) is 26.3. The van der Waals surface area contributed by atoms with Crippen molar-refractivity contribution in [3.63, 3.8) is 0 Å². The van der Waals surface area contributed by atoms with Crippen LogP contribution in [0.25, 0.3) is 0 Å². The normalized spacial score (nSPS) is 14.1. The van der Waals surface area contributed by atoms with E-state index < -0.39 is 60.2 Å². The molecule has 0 aromatic heterocycles. The molecule has 0 fully saturated rings. The fraction of sp³-hybridized carbons (Fsp3) is 0.667. The Kier molecular flexibility index (Phi) is 15.5. The number of guanidine groups is 1. The van der Waals surface area contributed by atoms with Crippen LogP contribution < -0.4 is 38.9 Å². The minimum absolute atomic E-state index is 0.0255. The lowest BCUT2D eigenvalue weighted by Crippen LogP contribution is -2.58. The Balaban J connectivity index is 5.50. The van der Waals surface area contributed by atoms with Crippen molar-refractivity contribution in [3.8, 4) is 0 Å². The van der Waals surface area contributed by atoms with Gasteiger partial charge in [0, 0.05) is 12.3 Å². The molecule has 4 unspecified atom stereocenters. The predicted octanol–water partition coefficient (Wildman–Crippen LogP) is -3.54. The highest BCUT2D eigenvalue weighted by Gasteiger charge is 2.30. The van der Waals surface area contributed by atoms with Crippen molar-refractivity contribution in [3.05, 3.63) is 0 Å². The van der Waals surface area contributed by atoms with Gasteiger partial charge in [-0.15, -0.1) is 0 Å². The molecule has 4 atom stereocenters. The van der Waals surface area contributed by atoms with Crippen molar-refractivity contribution in [1.82, 2.24) is 16.0 Å². The number of aliphatic carboxylic acids is 1. The van der Waals surface area contributed by atoms with E-state index >= 15 is 0 Å². The van der Waals surface area contributed by atoms with E-state index in [0.29, 0.717) is 12.2 Å². The first kappa shape index (κ1) is 31.3. The number of nitrogens with two attached hydrogens (primary N) is 4. The van der Waals surface area contributed by atoms with Gasteiger partial charge < -0.3 is 44.0 Å². The number of nitrogens with zero attached hydrogens (tertiary/aromatic N) is 1. The topological polar surface area (TPSA) is 258 Å². The molecule has 194 valence electrons. The van der Waals surface area contributed by atoms with Gasteiger partial charge in [-0.2, -0.15) is 24.4 Å². The quantitative estimate of drug-likeness (QED) is 0.0393. The Bertz CT molecular complexity index is 750. The number of aliphatic imine (C=N–C) groups is 1. The van der Waals surface area contributed by atoms with E-state index in [9.17, 15) is 24.0 Å². The summed E-state index contributed by atoms with van der Waals surface area (Å²) < 4.78 is 0. The number of thioether (sulfide) groups is 1. The lowest BCUT2D eigenvalue weighted by atomic mass is 10.1. The highest BCUT2D eigenvalue weighted by Crippen LogP contribution is 2.04. The number of hydrogen-bond donors (Lipinski definition) is 9. The van der Waals surface area contributed by atoms with Gasteiger partial charge in [0.15, 0.2) is 5.96 Å². The molecule has 0 rings (SSSR count). The zero-order valence-corrected chi connectivity index (χ0v) is 20.6. The molecule has 12 N–H and O–H groups in total. The van der Waals surface area contributed by atoms with Gasteiger partial charge in [-0.1, -0.05) is 0 Å². The van der Waals surface area contributed by atoms with Crippen LogP contribution in [-0.2, 0) is 24.0 Å². The maximum Gasteiger partial charge on any atom is 0.327 e. The smallest absolute Gasteiger partial charge is 0.327 e. The van der Waals surface area contributed by atoms with E-state index in [1.807, 2.05) is 6.26 Å². The summed E-state index contributed by atoms with van der Waals surface area (Å²) in [5, 5.41) is 16.2. The van der Waals surface area contributed by atoms with Crippen molar-refractivity contribution >= 4 is 59.9 Å². The van der Waals surface area contributed by atoms with Crippen molar-refractivity contribution in [1.29, 1.82) is 0 Å². The van der Waals surface area contributed by atoms with E-state index in [4.69, 9.17) is 28.0 Å². The lowest BCUT2D eigenvalue weighted by molar-refractivity contribution is -0.141. The highest BCUT2D eigenvalue weighted by atomic mass is 32.2. The minimum Gasteiger partial charge on any atom is -0.480 e. The SMILES string of the molecule is CSCCC(N)C(=O)NC(CC(N)=O)C(=O)NC(CCCN=C(N)N)C(=O)NC(CS)C(=O)O. The third-order valence-electron chi connectivity index (χ3n) is 4.38. The monoisotopic (exact) mass is 522 g/mol. The minimum atomic E-state index is -1.39. The molecular formula is C18H34N8O6S2. The van der Waals surface area contributed by atoms with Crippen LogP contribution in [-0.4, -0.2) is 89.1 Å². The van der Waals surface area contributed by atoms with Gasteiger partial charge in [0.05, 0.1) is 12.5 Å². The van der Waals surface area contributed by atoms with Gasteiger partial charge in [0.25, 0.3) is 0 Å². The van der Waals surface area contributed by atoms with E-state index in [0.717, 1.165) is 0 Å². The van der Waals surface area contributed by atoms with Crippen LogP contribution >= 0.6 is 24.4 Å². The van der Waals surface area contributed by atoms with Crippen LogP contribution in [0.15, 0.2) is 4.99 Å². The van der Waals surface area contributed by atoms with Gasteiger partial charge in [-0.3, -0.25) is 24.2 Å². The Hall–Kier alpha value is -2.72. The molecule has 0 aromatic carbocycles. The van der Waals surface area contributed by atoms with Crippen molar-refractivity contribution in [2.75, 3.05) is 24.3 Å². The first-order chi connectivity index (χ1) is 15.9. The van der Waals surface area contributed by atoms with Crippen LogP contribution in [0.4, 0.5) is 0 Å². The molecule has 0 bridgehead atoms. The number of rotatable bonds is 17. The van der Waals surface area contributed by atoms with Crippen LogP contribution in [0.2, 0.25) is 0 Å². The molecule has 0 spiro atoms. The fourth-order valence-corrected chi connectivity index (χ4v) is 3.30. The molecule has 16 heteroatoms. The fourth-order valence-electron chi connectivity index (χ4n) is 2.57. The Morgan fingerprint density at radius 3 is 2.00 bits per heavy atom. The number of carbonyl (C=O) groups excluding carboxylic acids is 4. The summed E-state index contributed by atoms with van der Waals surface area (Å²) >= 11 is 5.37. The Morgan fingerprint density at radius 2 is 1.50 bits per heavy atom. The number of amides is 4. The number of nitrogens with one attached hydrogen (secondary N) is 3. The van der Waals surface area contributed by atoms with E-state index in [-0.39, 0.29) is 31.1 Å². The summed E-state index contributed by atoms with van der Waals surface area (Å²) in [6.07, 6.45) is 1.92. The maximum absolute atomic E-state index is 12.8. The zero-order valence-electron chi connectivity index (χ0n) is 18.9. The second-order valence-electron chi connectivity index (χ2n) is 7.21. The summed E-state index contributed by atoms with van der Waals surface area (Å²) in [4.78, 5) is 64.3. The molecule has 0 saturated heterocycles. The average Bonchev–Trinajstić information content (AvgIpc) is 2.75. The van der Waals surface area contributed by atoms with Crippen LogP contribution in [0, 0.1) is 0 Å². The third kappa shape index (κ3) is 13.1.